The van der Waals surface area contributed by atoms with Crippen LogP contribution in [0.25, 0.3) is 0 Å². The number of nitrogens with two attached hydrogens (primary N) is 1. The molecule has 0 aliphatic carbocycles. The molecule has 0 spiro atoms. The molecule has 0 unspecified atom stereocenters. The second kappa shape index (κ2) is 5.07. The second-order valence-corrected chi connectivity index (χ2v) is 4.08. The molecule has 2 heterocycles. The Hall–Kier alpha value is -0.160. The summed E-state index contributed by atoms with van der Waals surface area (Å²) in [7, 11) is 0. The molecule has 0 aromatic heterocycles. The van der Waals surface area contributed by atoms with Gasteiger partial charge in [0.1, 0.15) is 0 Å². The van der Waals surface area contributed by atoms with Crippen molar-refractivity contribution < 1.29 is 9.47 Å². The molecule has 4 heteroatoms. The fourth-order valence-electron chi connectivity index (χ4n) is 2.40. The van der Waals surface area contributed by atoms with Gasteiger partial charge in [0.05, 0.1) is 19.8 Å². The predicted octanol–water partition coefficient (Wildman–Crippen LogP) is -0.318. The molecule has 2 fully saturated rings. The van der Waals surface area contributed by atoms with E-state index < -0.39 is 0 Å². The summed E-state index contributed by atoms with van der Waals surface area (Å²) in [6.07, 6.45) is 1.17. The lowest BCUT2D eigenvalue weighted by Crippen LogP contribution is -2.50. The van der Waals surface area contributed by atoms with Gasteiger partial charge in [0.25, 0.3) is 0 Å². The van der Waals surface area contributed by atoms with Crippen molar-refractivity contribution >= 4 is 0 Å². The fourth-order valence-corrected chi connectivity index (χ4v) is 2.40. The van der Waals surface area contributed by atoms with Gasteiger partial charge in [0.2, 0.25) is 0 Å². The zero-order chi connectivity index (χ0) is 9.80. The predicted molar refractivity (Wildman–Crippen MR) is 54.2 cm³/mol. The molecule has 0 radical (unpaired) electrons. The highest BCUT2D eigenvalue weighted by Gasteiger charge is 2.30. The van der Waals surface area contributed by atoms with Crippen LogP contribution in [0.3, 0.4) is 0 Å². The van der Waals surface area contributed by atoms with Crippen molar-refractivity contribution in [2.75, 3.05) is 46.1 Å². The first-order valence-electron chi connectivity index (χ1n) is 5.51. The van der Waals surface area contributed by atoms with Gasteiger partial charge in [-0.25, -0.2) is 0 Å². The number of rotatable bonds is 3. The fraction of sp³-hybridized carbons (Fsp3) is 1.00. The molecule has 2 aliphatic rings. The van der Waals surface area contributed by atoms with Crippen LogP contribution < -0.4 is 5.73 Å². The van der Waals surface area contributed by atoms with E-state index in [4.69, 9.17) is 15.2 Å². The zero-order valence-electron chi connectivity index (χ0n) is 8.65. The van der Waals surface area contributed by atoms with Crippen LogP contribution in [0.1, 0.15) is 6.42 Å². The zero-order valence-corrected chi connectivity index (χ0v) is 8.65. The first kappa shape index (κ1) is 10.4. The molecule has 2 N–H and O–H groups in total. The van der Waals surface area contributed by atoms with Crippen molar-refractivity contribution in [1.82, 2.24) is 4.90 Å². The maximum atomic E-state index is 5.85. The summed E-state index contributed by atoms with van der Waals surface area (Å²) < 4.78 is 10.8. The quantitative estimate of drug-likeness (QED) is 0.678. The van der Waals surface area contributed by atoms with E-state index in [0.717, 1.165) is 46.1 Å². The average molecular weight is 200 g/mol. The van der Waals surface area contributed by atoms with Crippen LogP contribution in [-0.2, 0) is 9.47 Å². The molecule has 0 saturated carbocycles. The molecular formula is C10H20N2O2. The molecule has 2 saturated heterocycles. The van der Waals surface area contributed by atoms with Crippen molar-refractivity contribution in [2.45, 2.75) is 12.5 Å². The second-order valence-electron chi connectivity index (χ2n) is 4.08. The molecule has 14 heavy (non-hydrogen) atoms. The number of hydrogen-bond donors (Lipinski definition) is 1. The van der Waals surface area contributed by atoms with Crippen molar-refractivity contribution in [1.29, 1.82) is 0 Å². The molecule has 0 aromatic rings. The Morgan fingerprint density at radius 3 is 2.57 bits per heavy atom. The van der Waals surface area contributed by atoms with Crippen LogP contribution in [-0.4, -0.2) is 57.0 Å². The Labute approximate surface area is 85.3 Å². The van der Waals surface area contributed by atoms with Crippen molar-refractivity contribution in [3.05, 3.63) is 0 Å². The number of hydrogen-bond acceptors (Lipinski definition) is 4. The van der Waals surface area contributed by atoms with E-state index in [1.165, 1.54) is 6.42 Å². The van der Waals surface area contributed by atoms with Gasteiger partial charge < -0.3 is 15.2 Å². The van der Waals surface area contributed by atoms with E-state index in [9.17, 15) is 0 Å². The van der Waals surface area contributed by atoms with E-state index in [0.29, 0.717) is 12.0 Å². The highest BCUT2D eigenvalue weighted by molar-refractivity contribution is 4.83. The van der Waals surface area contributed by atoms with E-state index in [1.807, 2.05) is 0 Å². The largest absolute Gasteiger partial charge is 0.381 e. The number of morpholine rings is 1. The maximum Gasteiger partial charge on any atom is 0.0594 e. The Kier molecular flexibility index (Phi) is 3.75. The lowest BCUT2D eigenvalue weighted by Gasteiger charge is -2.36. The van der Waals surface area contributed by atoms with Gasteiger partial charge in [-0.05, 0) is 6.42 Å². The summed E-state index contributed by atoms with van der Waals surface area (Å²) in [5.74, 6) is 0.637. The molecule has 82 valence electrons. The summed E-state index contributed by atoms with van der Waals surface area (Å²) in [6.45, 7) is 6.30. The normalized spacial score (nSPS) is 31.9. The lowest BCUT2D eigenvalue weighted by atomic mass is 9.97. The monoisotopic (exact) mass is 200 g/mol. The lowest BCUT2D eigenvalue weighted by molar-refractivity contribution is 0.00358. The van der Waals surface area contributed by atoms with Crippen LogP contribution in [0.2, 0.25) is 0 Å². The van der Waals surface area contributed by atoms with Crippen LogP contribution >= 0.6 is 0 Å². The molecule has 0 aromatic carbocycles. The van der Waals surface area contributed by atoms with E-state index in [2.05, 4.69) is 4.90 Å². The third-order valence-corrected chi connectivity index (χ3v) is 3.27. The highest BCUT2D eigenvalue weighted by Crippen LogP contribution is 2.21. The van der Waals surface area contributed by atoms with E-state index >= 15 is 0 Å². The van der Waals surface area contributed by atoms with Gasteiger partial charge in [-0.15, -0.1) is 0 Å². The smallest absolute Gasteiger partial charge is 0.0594 e. The molecule has 0 amide bonds. The molecule has 2 rings (SSSR count). The molecule has 2 aliphatic heterocycles. The van der Waals surface area contributed by atoms with Gasteiger partial charge in [0, 0.05) is 38.2 Å². The highest BCUT2D eigenvalue weighted by atomic mass is 16.5. The summed E-state index contributed by atoms with van der Waals surface area (Å²) in [6, 6.07) is 0.501. The minimum absolute atomic E-state index is 0.501. The van der Waals surface area contributed by atoms with Crippen molar-refractivity contribution in [3.8, 4) is 0 Å². The Balaban J connectivity index is 1.89. The van der Waals surface area contributed by atoms with Gasteiger partial charge in [-0.1, -0.05) is 0 Å². The number of nitrogens with zero attached hydrogens (tertiary/aromatic N) is 1. The third-order valence-electron chi connectivity index (χ3n) is 3.27. The Morgan fingerprint density at radius 1 is 1.21 bits per heavy atom. The Morgan fingerprint density at radius 2 is 2.00 bits per heavy atom. The standard InChI is InChI=1S/C10H20N2O2/c11-7-10(9-1-4-14-8-9)12-2-5-13-6-3-12/h9-10H,1-8,11H2/t9-,10+/m1/s1. The van der Waals surface area contributed by atoms with Crippen LogP contribution in [0, 0.1) is 5.92 Å². The summed E-state index contributed by atoms with van der Waals surface area (Å²) in [5.41, 5.74) is 5.85. The summed E-state index contributed by atoms with van der Waals surface area (Å²) in [5, 5.41) is 0. The third kappa shape index (κ3) is 2.25. The topological polar surface area (TPSA) is 47.7 Å². The van der Waals surface area contributed by atoms with Gasteiger partial charge >= 0.3 is 0 Å². The Bertz CT molecular complexity index is 166. The van der Waals surface area contributed by atoms with Gasteiger partial charge in [-0.3, -0.25) is 4.90 Å². The molecule has 2 atom stereocenters. The van der Waals surface area contributed by atoms with Gasteiger partial charge in [-0.2, -0.15) is 0 Å². The van der Waals surface area contributed by atoms with Crippen LogP contribution in [0.4, 0.5) is 0 Å². The molecule has 4 nitrogen and oxygen atoms in total. The first-order chi connectivity index (χ1) is 6.92. The van der Waals surface area contributed by atoms with E-state index in [-0.39, 0.29) is 0 Å². The molecule has 0 bridgehead atoms. The van der Waals surface area contributed by atoms with Crippen LogP contribution in [0.15, 0.2) is 0 Å². The summed E-state index contributed by atoms with van der Waals surface area (Å²) in [4.78, 5) is 2.46. The van der Waals surface area contributed by atoms with Gasteiger partial charge in [0.15, 0.2) is 0 Å². The minimum atomic E-state index is 0.501. The molecular weight excluding hydrogens is 180 g/mol. The average Bonchev–Trinajstić information content (AvgIpc) is 2.74. The number of ether oxygens (including phenoxy) is 2. The maximum absolute atomic E-state index is 5.85. The van der Waals surface area contributed by atoms with E-state index in [1.54, 1.807) is 0 Å². The van der Waals surface area contributed by atoms with Crippen molar-refractivity contribution in [3.63, 3.8) is 0 Å². The minimum Gasteiger partial charge on any atom is -0.381 e. The SMILES string of the molecule is NC[C@@H]([C@@H]1CCOC1)N1CCOCC1. The first-order valence-corrected chi connectivity index (χ1v) is 5.51. The van der Waals surface area contributed by atoms with Crippen LogP contribution in [0.5, 0.6) is 0 Å². The summed E-state index contributed by atoms with van der Waals surface area (Å²) >= 11 is 0. The van der Waals surface area contributed by atoms with Crippen molar-refractivity contribution in [2.24, 2.45) is 11.7 Å².